The molecule has 1 unspecified atom stereocenters. The Morgan fingerprint density at radius 2 is 2.00 bits per heavy atom. The highest BCUT2D eigenvalue weighted by atomic mass is 35.5. The normalized spacial score (nSPS) is 12.6. The summed E-state index contributed by atoms with van der Waals surface area (Å²) in [5, 5.41) is 7.51. The van der Waals surface area contributed by atoms with Gasteiger partial charge in [-0.05, 0) is 19.3 Å². The summed E-state index contributed by atoms with van der Waals surface area (Å²) in [4.78, 5) is 27.2. The van der Waals surface area contributed by atoms with Crippen molar-refractivity contribution in [2.24, 2.45) is 11.7 Å². The van der Waals surface area contributed by atoms with Crippen LogP contribution in [0.3, 0.4) is 0 Å². The van der Waals surface area contributed by atoms with E-state index in [1.807, 2.05) is 6.92 Å². The summed E-state index contributed by atoms with van der Waals surface area (Å²) in [6.07, 6.45) is 0.790. The molecule has 0 aliphatic heterocycles. The zero-order valence-electron chi connectivity index (χ0n) is 13.1. The van der Waals surface area contributed by atoms with Crippen LogP contribution >= 0.6 is 36.2 Å². The minimum Gasteiger partial charge on any atom is -0.344 e. The first-order chi connectivity index (χ1) is 9.25. The molecule has 1 aromatic heterocycles. The van der Waals surface area contributed by atoms with Gasteiger partial charge in [-0.2, -0.15) is 0 Å². The Hall–Kier alpha value is -0.890. The average Bonchev–Trinajstić information content (AvgIpc) is 2.75. The number of amides is 2. The van der Waals surface area contributed by atoms with Gasteiger partial charge in [0.1, 0.15) is 5.69 Å². The van der Waals surface area contributed by atoms with Crippen LogP contribution in [0.4, 0.5) is 5.13 Å². The third-order valence-electron chi connectivity index (χ3n) is 2.74. The van der Waals surface area contributed by atoms with Crippen molar-refractivity contribution in [1.82, 2.24) is 10.3 Å². The first-order valence-electron chi connectivity index (χ1n) is 6.51. The molecule has 1 aromatic rings. The quantitative estimate of drug-likeness (QED) is 0.716. The van der Waals surface area contributed by atoms with Crippen molar-refractivity contribution in [1.29, 1.82) is 0 Å². The van der Waals surface area contributed by atoms with E-state index in [-0.39, 0.29) is 36.6 Å². The van der Waals surface area contributed by atoms with Gasteiger partial charge in [0, 0.05) is 18.8 Å². The van der Waals surface area contributed by atoms with Crippen molar-refractivity contribution in [3.8, 4) is 0 Å². The van der Waals surface area contributed by atoms with Crippen LogP contribution in [0.15, 0.2) is 5.38 Å². The molecule has 0 bridgehead atoms. The smallest absolute Gasteiger partial charge is 0.271 e. The Morgan fingerprint density at radius 3 is 2.45 bits per heavy atom. The number of hydrogen-bond donors (Lipinski definition) is 3. The lowest BCUT2D eigenvalue weighted by Crippen LogP contribution is -2.52. The number of thiazole rings is 1. The van der Waals surface area contributed by atoms with Gasteiger partial charge in [-0.15, -0.1) is 36.2 Å². The van der Waals surface area contributed by atoms with Crippen molar-refractivity contribution in [2.75, 3.05) is 11.9 Å². The zero-order chi connectivity index (χ0) is 15.3. The van der Waals surface area contributed by atoms with E-state index in [1.54, 1.807) is 5.38 Å². The zero-order valence-corrected chi connectivity index (χ0v) is 15.6. The van der Waals surface area contributed by atoms with Crippen LogP contribution in [0.25, 0.3) is 0 Å². The lowest BCUT2D eigenvalue weighted by molar-refractivity contribution is -0.114. The Morgan fingerprint density at radius 1 is 1.41 bits per heavy atom. The first-order valence-corrected chi connectivity index (χ1v) is 7.39. The van der Waals surface area contributed by atoms with Gasteiger partial charge in [-0.25, -0.2) is 4.98 Å². The number of anilines is 1. The fourth-order valence-electron chi connectivity index (χ4n) is 2.01. The summed E-state index contributed by atoms with van der Waals surface area (Å²) in [6, 6.07) is 0. The molecule has 0 fully saturated rings. The van der Waals surface area contributed by atoms with E-state index in [2.05, 4.69) is 29.5 Å². The number of carbonyl (C=O) groups excluding carboxylic acids is 2. The van der Waals surface area contributed by atoms with Gasteiger partial charge in [0.2, 0.25) is 5.91 Å². The fourth-order valence-corrected chi connectivity index (χ4v) is 2.75. The Kier molecular flexibility index (Phi) is 10.6. The molecule has 6 nitrogen and oxygen atoms in total. The molecular weight excluding hydrogens is 347 g/mol. The Balaban J connectivity index is 0. The largest absolute Gasteiger partial charge is 0.344 e. The standard InChI is InChI=1S/C13H22N4O2S.2ClH/c1-8(2)5-13(4,7-14)17-11(19)10-6-20-12(16-10)15-9(3)18;;/h6,8H,5,7,14H2,1-4H3,(H,17,19)(H,15,16,18);2*1H. The van der Waals surface area contributed by atoms with E-state index in [4.69, 9.17) is 5.73 Å². The van der Waals surface area contributed by atoms with Gasteiger partial charge in [0.15, 0.2) is 5.13 Å². The van der Waals surface area contributed by atoms with Crippen LogP contribution in [-0.2, 0) is 4.79 Å². The van der Waals surface area contributed by atoms with Crippen molar-refractivity contribution < 1.29 is 9.59 Å². The van der Waals surface area contributed by atoms with Crippen molar-refractivity contribution in [3.05, 3.63) is 11.1 Å². The molecule has 2 amide bonds. The number of nitrogens with zero attached hydrogens (tertiary/aromatic N) is 1. The molecule has 0 aliphatic rings. The molecule has 1 atom stereocenters. The summed E-state index contributed by atoms with van der Waals surface area (Å²) >= 11 is 1.22. The number of nitrogens with one attached hydrogen (secondary N) is 2. The lowest BCUT2D eigenvalue weighted by Gasteiger charge is -2.30. The van der Waals surface area contributed by atoms with Gasteiger partial charge < -0.3 is 16.4 Å². The van der Waals surface area contributed by atoms with Crippen molar-refractivity contribution in [3.63, 3.8) is 0 Å². The number of halogens is 2. The van der Waals surface area contributed by atoms with Crippen molar-refractivity contribution >= 4 is 53.1 Å². The molecule has 1 heterocycles. The fraction of sp³-hybridized carbons (Fsp3) is 0.615. The molecule has 0 spiro atoms. The lowest BCUT2D eigenvalue weighted by atomic mass is 9.90. The Labute approximate surface area is 147 Å². The van der Waals surface area contributed by atoms with Crippen LogP contribution in [0.1, 0.15) is 44.6 Å². The number of hydrogen-bond acceptors (Lipinski definition) is 5. The predicted octanol–water partition coefficient (Wildman–Crippen LogP) is 2.44. The van der Waals surface area contributed by atoms with Crippen LogP contribution < -0.4 is 16.4 Å². The molecule has 0 aliphatic carbocycles. The number of aromatic nitrogens is 1. The van der Waals surface area contributed by atoms with E-state index in [0.29, 0.717) is 23.3 Å². The molecule has 0 saturated carbocycles. The van der Waals surface area contributed by atoms with Gasteiger partial charge in [0.05, 0.1) is 5.54 Å². The minimum atomic E-state index is -0.455. The maximum Gasteiger partial charge on any atom is 0.271 e. The molecule has 128 valence electrons. The highest BCUT2D eigenvalue weighted by molar-refractivity contribution is 7.14. The molecule has 9 heteroatoms. The van der Waals surface area contributed by atoms with E-state index in [1.165, 1.54) is 18.3 Å². The number of carbonyl (C=O) groups is 2. The highest BCUT2D eigenvalue weighted by Gasteiger charge is 2.27. The van der Waals surface area contributed by atoms with E-state index in [0.717, 1.165) is 6.42 Å². The van der Waals surface area contributed by atoms with Gasteiger partial charge >= 0.3 is 0 Å². The third kappa shape index (κ3) is 7.40. The molecule has 0 radical (unpaired) electrons. The summed E-state index contributed by atoms with van der Waals surface area (Å²) in [7, 11) is 0. The summed E-state index contributed by atoms with van der Waals surface area (Å²) in [5.41, 5.74) is 5.60. The number of nitrogens with two attached hydrogens (primary N) is 1. The second kappa shape index (κ2) is 9.99. The molecule has 0 saturated heterocycles. The topological polar surface area (TPSA) is 97.1 Å². The van der Waals surface area contributed by atoms with Gasteiger partial charge in [0.25, 0.3) is 5.91 Å². The second-order valence-electron chi connectivity index (χ2n) is 5.54. The monoisotopic (exact) mass is 370 g/mol. The van der Waals surface area contributed by atoms with E-state index in [9.17, 15) is 9.59 Å². The maximum atomic E-state index is 12.2. The molecule has 0 aromatic carbocycles. The van der Waals surface area contributed by atoms with Gasteiger partial charge in [-0.3, -0.25) is 9.59 Å². The summed E-state index contributed by atoms with van der Waals surface area (Å²) in [5.74, 6) is -0.0569. The maximum absolute atomic E-state index is 12.2. The molecule has 22 heavy (non-hydrogen) atoms. The van der Waals surface area contributed by atoms with Crippen LogP contribution in [0, 0.1) is 5.92 Å². The second-order valence-corrected chi connectivity index (χ2v) is 6.39. The summed E-state index contributed by atoms with van der Waals surface area (Å²) in [6.45, 7) is 7.84. The predicted molar refractivity (Wildman–Crippen MR) is 95.3 cm³/mol. The molecule has 1 rings (SSSR count). The minimum absolute atomic E-state index is 0. The first kappa shape index (κ1) is 23.4. The average molecular weight is 371 g/mol. The highest BCUT2D eigenvalue weighted by Crippen LogP contribution is 2.18. The SMILES string of the molecule is CC(=O)Nc1nc(C(=O)NC(C)(CN)CC(C)C)cs1.Cl.Cl. The van der Waals surface area contributed by atoms with Crippen LogP contribution in [-0.4, -0.2) is 28.9 Å². The van der Waals surface area contributed by atoms with Gasteiger partial charge in [-0.1, -0.05) is 13.8 Å². The van der Waals surface area contributed by atoms with Crippen molar-refractivity contribution in [2.45, 2.75) is 39.7 Å². The summed E-state index contributed by atoms with van der Waals surface area (Å²) < 4.78 is 0. The van der Waals surface area contributed by atoms with E-state index >= 15 is 0 Å². The third-order valence-corrected chi connectivity index (χ3v) is 3.50. The molecule has 4 N–H and O–H groups in total. The van der Waals surface area contributed by atoms with E-state index < -0.39 is 5.54 Å². The van der Waals surface area contributed by atoms with Crippen LogP contribution in [0.2, 0.25) is 0 Å². The Bertz CT molecular complexity index is 496. The molecular formula is C13H24Cl2N4O2S. The number of rotatable bonds is 6. The van der Waals surface area contributed by atoms with Crippen LogP contribution in [0.5, 0.6) is 0 Å².